The highest BCUT2D eigenvalue weighted by Crippen LogP contribution is 2.23. The Kier molecular flexibility index (Phi) is 4.02. The lowest BCUT2D eigenvalue weighted by molar-refractivity contribution is 0.102. The van der Waals surface area contributed by atoms with Crippen LogP contribution in [0.5, 0.6) is 0 Å². The third-order valence-electron chi connectivity index (χ3n) is 2.80. The molecule has 0 aliphatic rings. The number of benzene rings is 1. The Morgan fingerprint density at radius 2 is 2.05 bits per heavy atom. The van der Waals surface area contributed by atoms with Crippen molar-refractivity contribution in [2.45, 2.75) is 6.92 Å². The van der Waals surface area contributed by atoms with E-state index in [9.17, 15) is 4.79 Å². The summed E-state index contributed by atoms with van der Waals surface area (Å²) < 4.78 is 0. The van der Waals surface area contributed by atoms with Crippen LogP contribution in [0.4, 0.5) is 11.4 Å². The summed E-state index contributed by atoms with van der Waals surface area (Å²) in [5.74, 6) is -0.256. The van der Waals surface area contributed by atoms with E-state index in [4.69, 9.17) is 11.6 Å². The van der Waals surface area contributed by atoms with Gasteiger partial charge in [-0.3, -0.25) is 4.79 Å². The maximum atomic E-state index is 12.0. The second kappa shape index (κ2) is 5.71. The predicted octanol–water partition coefficient (Wildman–Crippen LogP) is 3.34. The number of hydrogen-bond donors (Lipinski definition) is 2. The third-order valence-corrected chi connectivity index (χ3v) is 3.21. The van der Waals surface area contributed by atoms with E-state index in [-0.39, 0.29) is 5.91 Å². The molecule has 4 nitrogen and oxygen atoms in total. The van der Waals surface area contributed by atoms with E-state index in [1.807, 2.05) is 6.92 Å². The van der Waals surface area contributed by atoms with Crippen LogP contribution in [0.1, 0.15) is 16.1 Å². The molecule has 2 aromatic rings. The van der Waals surface area contributed by atoms with E-state index in [2.05, 4.69) is 15.6 Å². The fourth-order valence-electron chi connectivity index (χ4n) is 1.61. The SMILES string of the molecule is CNc1ccc(C(=O)Nc2cccc(Cl)c2C)nc1. The van der Waals surface area contributed by atoms with Gasteiger partial charge in [0.2, 0.25) is 0 Å². The number of halogens is 1. The first-order valence-corrected chi connectivity index (χ1v) is 6.20. The van der Waals surface area contributed by atoms with Crippen molar-refractivity contribution in [3.8, 4) is 0 Å². The molecule has 2 N–H and O–H groups in total. The Morgan fingerprint density at radius 1 is 1.26 bits per heavy atom. The molecule has 0 saturated heterocycles. The van der Waals surface area contributed by atoms with Gasteiger partial charge < -0.3 is 10.6 Å². The van der Waals surface area contributed by atoms with Gasteiger partial charge >= 0.3 is 0 Å². The molecule has 98 valence electrons. The van der Waals surface area contributed by atoms with Gasteiger partial charge in [0.15, 0.2) is 0 Å². The zero-order chi connectivity index (χ0) is 13.8. The van der Waals surface area contributed by atoms with Crippen molar-refractivity contribution in [1.29, 1.82) is 0 Å². The summed E-state index contributed by atoms with van der Waals surface area (Å²) in [7, 11) is 1.80. The summed E-state index contributed by atoms with van der Waals surface area (Å²) in [5, 5.41) is 6.37. The number of pyridine rings is 1. The molecule has 0 atom stereocenters. The van der Waals surface area contributed by atoms with Crippen LogP contribution in [0.3, 0.4) is 0 Å². The standard InChI is InChI=1S/C14H14ClN3O/c1-9-11(15)4-3-5-12(9)18-14(19)13-7-6-10(16-2)8-17-13/h3-8,16H,1-2H3,(H,18,19). The van der Waals surface area contributed by atoms with Crippen molar-refractivity contribution < 1.29 is 4.79 Å². The summed E-state index contributed by atoms with van der Waals surface area (Å²) in [6.45, 7) is 1.86. The fraction of sp³-hybridized carbons (Fsp3) is 0.143. The smallest absolute Gasteiger partial charge is 0.274 e. The van der Waals surface area contributed by atoms with Crippen molar-refractivity contribution in [3.63, 3.8) is 0 Å². The lowest BCUT2D eigenvalue weighted by Crippen LogP contribution is -2.14. The van der Waals surface area contributed by atoms with Crippen LogP contribution in [0, 0.1) is 6.92 Å². The molecule has 0 unspecified atom stereocenters. The molecule has 1 heterocycles. The topological polar surface area (TPSA) is 54.0 Å². The number of nitrogens with one attached hydrogen (secondary N) is 2. The lowest BCUT2D eigenvalue weighted by atomic mass is 10.2. The second-order valence-corrected chi connectivity index (χ2v) is 4.46. The highest BCUT2D eigenvalue weighted by molar-refractivity contribution is 6.31. The number of hydrogen-bond acceptors (Lipinski definition) is 3. The number of amides is 1. The molecule has 5 heteroatoms. The van der Waals surface area contributed by atoms with Crippen molar-refractivity contribution in [2.75, 3.05) is 17.7 Å². The molecule has 0 bridgehead atoms. The Labute approximate surface area is 116 Å². The van der Waals surface area contributed by atoms with Crippen LogP contribution < -0.4 is 10.6 Å². The Bertz CT molecular complexity index is 596. The maximum Gasteiger partial charge on any atom is 0.274 e. The van der Waals surface area contributed by atoms with Gasteiger partial charge in [0.05, 0.1) is 11.9 Å². The number of carbonyl (C=O) groups is 1. The molecule has 1 aromatic carbocycles. The minimum Gasteiger partial charge on any atom is -0.387 e. The summed E-state index contributed by atoms with van der Waals surface area (Å²) in [4.78, 5) is 16.1. The minimum absolute atomic E-state index is 0.256. The van der Waals surface area contributed by atoms with Crippen LogP contribution in [-0.4, -0.2) is 17.9 Å². The van der Waals surface area contributed by atoms with E-state index < -0.39 is 0 Å². The normalized spacial score (nSPS) is 10.1. The average Bonchev–Trinajstić information content (AvgIpc) is 2.44. The lowest BCUT2D eigenvalue weighted by Gasteiger charge is -2.09. The summed E-state index contributed by atoms with van der Waals surface area (Å²) in [5.41, 5.74) is 2.75. The summed E-state index contributed by atoms with van der Waals surface area (Å²) in [6, 6.07) is 8.85. The van der Waals surface area contributed by atoms with Gasteiger partial charge in [-0.15, -0.1) is 0 Å². The molecule has 0 saturated carbocycles. The van der Waals surface area contributed by atoms with Gasteiger partial charge in [-0.1, -0.05) is 17.7 Å². The number of carbonyl (C=O) groups excluding carboxylic acids is 1. The first-order valence-electron chi connectivity index (χ1n) is 5.82. The molecule has 1 aromatic heterocycles. The van der Waals surface area contributed by atoms with Gasteiger partial charge in [-0.05, 0) is 36.8 Å². The first-order chi connectivity index (χ1) is 9.11. The quantitative estimate of drug-likeness (QED) is 0.903. The van der Waals surface area contributed by atoms with Crippen molar-refractivity contribution in [2.24, 2.45) is 0 Å². The van der Waals surface area contributed by atoms with Crippen LogP contribution in [0.15, 0.2) is 36.5 Å². The zero-order valence-corrected chi connectivity index (χ0v) is 11.5. The highest BCUT2D eigenvalue weighted by Gasteiger charge is 2.10. The largest absolute Gasteiger partial charge is 0.387 e. The molecule has 0 spiro atoms. The number of nitrogens with zero attached hydrogens (tertiary/aromatic N) is 1. The van der Waals surface area contributed by atoms with E-state index in [0.717, 1.165) is 11.3 Å². The number of aromatic nitrogens is 1. The summed E-state index contributed by atoms with van der Waals surface area (Å²) >= 11 is 6.01. The van der Waals surface area contributed by atoms with Crippen LogP contribution in [0.2, 0.25) is 5.02 Å². The van der Waals surface area contributed by atoms with Crippen molar-refractivity contribution in [1.82, 2.24) is 4.98 Å². The van der Waals surface area contributed by atoms with Gasteiger partial charge in [-0.2, -0.15) is 0 Å². The Morgan fingerprint density at radius 3 is 2.68 bits per heavy atom. The Balaban J connectivity index is 2.18. The molecule has 19 heavy (non-hydrogen) atoms. The molecule has 2 rings (SSSR count). The third kappa shape index (κ3) is 3.03. The molecule has 0 radical (unpaired) electrons. The van der Waals surface area contributed by atoms with Crippen LogP contribution in [-0.2, 0) is 0 Å². The Hall–Kier alpha value is -2.07. The minimum atomic E-state index is -0.256. The van der Waals surface area contributed by atoms with E-state index in [1.165, 1.54) is 0 Å². The van der Waals surface area contributed by atoms with E-state index in [1.54, 1.807) is 43.6 Å². The van der Waals surface area contributed by atoms with Crippen LogP contribution >= 0.6 is 11.6 Å². The van der Waals surface area contributed by atoms with Gasteiger partial charge in [0, 0.05) is 17.8 Å². The molecular weight excluding hydrogens is 262 g/mol. The molecule has 0 fully saturated rings. The second-order valence-electron chi connectivity index (χ2n) is 4.05. The van der Waals surface area contributed by atoms with E-state index >= 15 is 0 Å². The zero-order valence-electron chi connectivity index (χ0n) is 10.7. The van der Waals surface area contributed by atoms with E-state index in [0.29, 0.717) is 16.4 Å². The average molecular weight is 276 g/mol. The fourth-order valence-corrected chi connectivity index (χ4v) is 1.78. The van der Waals surface area contributed by atoms with Crippen molar-refractivity contribution >= 4 is 28.9 Å². The highest BCUT2D eigenvalue weighted by atomic mass is 35.5. The molecular formula is C14H14ClN3O. The first kappa shape index (κ1) is 13.4. The number of anilines is 2. The van der Waals surface area contributed by atoms with Crippen LogP contribution in [0.25, 0.3) is 0 Å². The maximum absolute atomic E-state index is 12.0. The van der Waals surface area contributed by atoms with Gasteiger partial charge in [-0.25, -0.2) is 4.98 Å². The van der Waals surface area contributed by atoms with Gasteiger partial charge in [0.1, 0.15) is 5.69 Å². The monoisotopic (exact) mass is 275 g/mol. The van der Waals surface area contributed by atoms with Gasteiger partial charge in [0.25, 0.3) is 5.91 Å². The molecule has 1 amide bonds. The molecule has 0 aliphatic heterocycles. The number of rotatable bonds is 3. The molecule has 0 aliphatic carbocycles. The van der Waals surface area contributed by atoms with Crippen molar-refractivity contribution in [3.05, 3.63) is 52.8 Å². The summed E-state index contributed by atoms with van der Waals surface area (Å²) in [6.07, 6.45) is 1.61. The predicted molar refractivity (Wildman–Crippen MR) is 77.9 cm³/mol.